The van der Waals surface area contributed by atoms with Crippen LogP contribution in [0.25, 0.3) is 0 Å². The molecule has 1 fully saturated rings. The maximum atomic E-state index is 12.5. The second-order valence-electron chi connectivity index (χ2n) is 6.50. The third-order valence-corrected chi connectivity index (χ3v) is 4.88. The molecule has 6 nitrogen and oxygen atoms in total. The molecule has 128 valence electrons. The van der Waals surface area contributed by atoms with Gasteiger partial charge in [0, 0.05) is 18.5 Å². The van der Waals surface area contributed by atoms with Gasteiger partial charge in [-0.05, 0) is 30.4 Å². The first kappa shape index (κ1) is 16.7. The number of hydrogen-bond acceptors (Lipinski definition) is 5. The van der Waals surface area contributed by atoms with Crippen LogP contribution < -0.4 is 5.32 Å². The number of hydrogen-bond donors (Lipinski definition) is 1. The van der Waals surface area contributed by atoms with Crippen LogP contribution in [-0.2, 0) is 11.2 Å². The zero-order chi connectivity index (χ0) is 17.1. The predicted molar refractivity (Wildman–Crippen MR) is 92.0 cm³/mol. The number of piperidine rings is 1. The molecule has 1 N–H and O–H groups in total. The van der Waals surface area contributed by atoms with Crippen molar-refractivity contribution >= 4 is 28.3 Å². The minimum atomic E-state index is -0.342. The number of anilines is 1. The van der Waals surface area contributed by atoms with E-state index in [2.05, 4.69) is 24.1 Å². The van der Waals surface area contributed by atoms with E-state index in [0.29, 0.717) is 22.7 Å². The minimum absolute atomic E-state index is 0.0996. The fourth-order valence-electron chi connectivity index (χ4n) is 3.15. The van der Waals surface area contributed by atoms with Crippen LogP contribution in [0.5, 0.6) is 0 Å². The second kappa shape index (κ2) is 7.17. The second-order valence-corrected chi connectivity index (χ2v) is 7.36. The zero-order valence-electron chi connectivity index (χ0n) is 13.8. The lowest BCUT2D eigenvalue weighted by Gasteiger charge is -2.35. The Balaban J connectivity index is 1.57. The summed E-state index contributed by atoms with van der Waals surface area (Å²) in [6.45, 7) is 5.99. The number of nitrogens with one attached hydrogen (secondary N) is 1. The van der Waals surface area contributed by atoms with Gasteiger partial charge >= 0.3 is 0 Å². The van der Waals surface area contributed by atoms with Gasteiger partial charge in [0.15, 0.2) is 10.9 Å². The van der Waals surface area contributed by atoms with Crippen LogP contribution in [0, 0.1) is 11.8 Å². The van der Waals surface area contributed by atoms with E-state index >= 15 is 0 Å². The van der Waals surface area contributed by atoms with Crippen molar-refractivity contribution in [2.24, 2.45) is 11.8 Å². The quantitative estimate of drug-likeness (QED) is 0.922. The highest BCUT2D eigenvalue weighted by molar-refractivity contribution is 7.14. The van der Waals surface area contributed by atoms with E-state index in [-0.39, 0.29) is 24.0 Å². The van der Waals surface area contributed by atoms with Gasteiger partial charge in [0.2, 0.25) is 5.91 Å². The standard InChI is InChI=1S/C17H21N3O3S/c1-11-6-12(2)9-20(8-11)15(21)7-13-10-24-17(18-13)19-16(22)14-4-3-5-23-14/h3-5,10-12H,6-9H2,1-2H3,(H,18,19,22)/t11-,12-/m1/s1. The molecule has 0 saturated carbocycles. The molecule has 1 saturated heterocycles. The van der Waals surface area contributed by atoms with E-state index in [9.17, 15) is 9.59 Å². The molecule has 1 aliphatic heterocycles. The van der Waals surface area contributed by atoms with Gasteiger partial charge in [-0.3, -0.25) is 14.9 Å². The Labute approximate surface area is 144 Å². The first-order chi connectivity index (χ1) is 11.5. The van der Waals surface area contributed by atoms with Gasteiger partial charge in [-0.25, -0.2) is 4.98 Å². The molecule has 0 spiro atoms. The summed E-state index contributed by atoms with van der Waals surface area (Å²) in [7, 11) is 0. The normalized spacial score (nSPS) is 20.8. The summed E-state index contributed by atoms with van der Waals surface area (Å²) < 4.78 is 5.04. The number of likely N-dealkylation sites (tertiary alicyclic amines) is 1. The van der Waals surface area contributed by atoms with Gasteiger partial charge in [-0.2, -0.15) is 0 Å². The SMILES string of the molecule is C[C@@H]1C[C@@H](C)CN(C(=O)Cc2csc(NC(=O)c3ccco3)n2)C1. The number of carbonyl (C=O) groups excluding carboxylic acids is 2. The smallest absolute Gasteiger partial charge is 0.293 e. The van der Waals surface area contributed by atoms with E-state index in [4.69, 9.17) is 4.42 Å². The summed E-state index contributed by atoms with van der Waals surface area (Å²) in [6.07, 6.45) is 2.89. The van der Waals surface area contributed by atoms with Gasteiger partial charge in [0.1, 0.15) is 0 Å². The topological polar surface area (TPSA) is 75.4 Å². The molecule has 3 heterocycles. The molecule has 0 aromatic carbocycles. The maximum Gasteiger partial charge on any atom is 0.293 e. The third-order valence-electron chi connectivity index (χ3n) is 4.07. The number of rotatable bonds is 4. The number of nitrogens with zero attached hydrogens (tertiary/aromatic N) is 2. The number of thiazole rings is 1. The van der Waals surface area contributed by atoms with Crippen molar-refractivity contribution in [1.29, 1.82) is 0 Å². The van der Waals surface area contributed by atoms with Crippen molar-refractivity contribution in [2.75, 3.05) is 18.4 Å². The summed E-state index contributed by atoms with van der Waals surface area (Å²) in [5.74, 6) is 1.07. The first-order valence-corrected chi connectivity index (χ1v) is 8.96. The molecule has 2 atom stereocenters. The van der Waals surface area contributed by atoms with Crippen LogP contribution in [0.4, 0.5) is 5.13 Å². The molecule has 0 bridgehead atoms. The van der Waals surface area contributed by atoms with E-state index < -0.39 is 0 Å². The highest BCUT2D eigenvalue weighted by atomic mass is 32.1. The minimum Gasteiger partial charge on any atom is -0.459 e. The fraction of sp³-hybridized carbons (Fsp3) is 0.471. The summed E-state index contributed by atoms with van der Waals surface area (Å²) in [4.78, 5) is 30.6. The molecular formula is C17H21N3O3S. The fourth-order valence-corrected chi connectivity index (χ4v) is 3.85. The molecule has 24 heavy (non-hydrogen) atoms. The number of amides is 2. The molecule has 2 aromatic rings. The Bertz CT molecular complexity index is 700. The lowest BCUT2D eigenvalue weighted by molar-refractivity contribution is -0.133. The van der Waals surface area contributed by atoms with Crippen molar-refractivity contribution in [3.05, 3.63) is 35.2 Å². The lowest BCUT2D eigenvalue weighted by Crippen LogP contribution is -2.43. The lowest BCUT2D eigenvalue weighted by atomic mass is 9.92. The van der Waals surface area contributed by atoms with Crippen molar-refractivity contribution in [2.45, 2.75) is 26.7 Å². The summed E-state index contributed by atoms with van der Waals surface area (Å²) in [5.41, 5.74) is 0.686. The van der Waals surface area contributed by atoms with Crippen molar-refractivity contribution in [1.82, 2.24) is 9.88 Å². The Kier molecular flexibility index (Phi) is 4.99. The van der Waals surface area contributed by atoms with Gasteiger partial charge in [-0.15, -0.1) is 11.3 Å². The molecule has 0 unspecified atom stereocenters. The van der Waals surface area contributed by atoms with Gasteiger partial charge < -0.3 is 9.32 Å². The van der Waals surface area contributed by atoms with Crippen molar-refractivity contribution < 1.29 is 14.0 Å². The van der Waals surface area contributed by atoms with E-state index in [1.807, 2.05) is 10.3 Å². The number of carbonyl (C=O) groups is 2. The molecule has 0 aliphatic carbocycles. The third kappa shape index (κ3) is 4.03. The van der Waals surface area contributed by atoms with Crippen molar-refractivity contribution in [3.63, 3.8) is 0 Å². The average Bonchev–Trinajstić information content (AvgIpc) is 3.18. The number of aromatic nitrogens is 1. The van der Waals surface area contributed by atoms with Crippen LogP contribution in [0.1, 0.15) is 36.5 Å². The van der Waals surface area contributed by atoms with Crippen LogP contribution in [-0.4, -0.2) is 34.8 Å². The molecule has 7 heteroatoms. The van der Waals surface area contributed by atoms with Crippen LogP contribution in [0.15, 0.2) is 28.2 Å². The van der Waals surface area contributed by atoms with Crippen LogP contribution in [0.3, 0.4) is 0 Å². The van der Waals surface area contributed by atoms with Gasteiger partial charge in [-0.1, -0.05) is 13.8 Å². The zero-order valence-corrected chi connectivity index (χ0v) is 14.6. The molecular weight excluding hydrogens is 326 g/mol. The number of furan rings is 1. The highest BCUT2D eigenvalue weighted by Crippen LogP contribution is 2.22. The first-order valence-electron chi connectivity index (χ1n) is 8.08. The monoisotopic (exact) mass is 347 g/mol. The summed E-state index contributed by atoms with van der Waals surface area (Å²) in [6, 6.07) is 3.24. The van der Waals surface area contributed by atoms with Crippen LogP contribution in [0.2, 0.25) is 0 Å². The van der Waals surface area contributed by atoms with Gasteiger partial charge in [0.05, 0.1) is 18.4 Å². The highest BCUT2D eigenvalue weighted by Gasteiger charge is 2.25. The largest absolute Gasteiger partial charge is 0.459 e. The summed E-state index contributed by atoms with van der Waals surface area (Å²) in [5, 5.41) is 4.97. The van der Waals surface area contributed by atoms with E-state index in [0.717, 1.165) is 13.1 Å². The van der Waals surface area contributed by atoms with Crippen LogP contribution >= 0.6 is 11.3 Å². The molecule has 0 radical (unpaired) electrons. The Morgan fingerprint density at radius 1 is 1.38 bits per heavy atom. The average molecular weight is 347 g/mol. The Morgan fingerprint density at radius 2 is 2.12 bits per heavy atom. The maximum absolute atomic E-state index is 12.5. The van der Waals surface area contributed by atoms with Crippen molar-refractivity contribution in [3.8, 4) is 0 Å². The summed E-state index contributed by atoms with van der Waals surface area (Å²) >= 11 is 1.31. The van der Waals surface area contributed by atoms with Gasteiger partial charge in [0.25, 0.3) is 5.91 Å². The molecule has 3 rings (SSSR count). The van der Waals surface area contributed by atoms with E-state index in [1.165, 1.54) is 24.0 Å². The Morgan fingerprint density at radius 3 is 2.79 bits per heavy atom. The molecule has 2 aromatic heterocycles. The van der Waals surface area contributed by atoms with E-state index in [1.54, 1.807) is 12.1 Å². The molecule has 2 amide bonds. The predicted octanol–water partition coefficient (Wildman–Crippen LogP) is 3.04. The Hall–Kier alpha value is -2.15. The molecule has 1 aliphatic rings.